The molecule has 1 nitrogen and oxygen atoms in total. The number of benzene rings is 1. The summed E-state index contributed by atoms with van der Waals surface area (Å²) in [4.78, 5) is 0. The number of nitrogens with two attached hydrogens (primary N) is 1. The summed E-state index contributed by atoms with van der Waals surface area (Å²) in [6.45, 7) is 2.22. The van der Waals surface area contributed by atoms with E-state index in [-0.39, 0.29) is 5.54 Å². The van der Waals surface area contributed by atoms with Crippen LogP contribution in [0.5, 0.6) is 0 Å². The highest BCUT2D eigenvalue weighted by atomic mass is 32.2. The zero-order valence-corrected chi connectivity index (χ0v) is 11.6. The van der Waals surface area contributed by atoms with Gasteiger partial charge in [0.15, 0.2) is 0 Å². The monoisotopic (exact) mass is 249 g/mol. The molecular weight excluding hydrogens is 226 g/mol. The molecular formula is C15H23NS. The van der Waals surface area contributed by atoms with E-state index in [9.17, 15) is 0 Å². The third-order valence-electron chi connectivity index (χ3n) is 3.74. The average molecular weight is 249 g/mol. The van der Waals surface area contributed by atoms with Crippen molar-refractivity contribution >= 4 is 11.8 Å². The second-order valence-corrected chi connectivity index (χ2v) is 6.36. The first-order valence-corrected chi connectivity index (χ1v) is 7.87. The van der Waals surface area contributed by atoms with Crippen molar-refractivity contribution in [2.75, 3.05) is 11.5 Å². The number of fused-ring (bicyclic) bond motifs is 1. The van der Waals surface area contributed by atoms with Crippen LogP contribution >= 0.6 is 11.8 Å². The van der Waals surface area contributed by atoms with Crippen LogP contribution in [0, 0.1) is 0 Å². The van der Waals surface area contributed by atoms with Crippen LogP contribution in [0.25, 0.3) is 0 Å². The van der Waals surface area contributed by atoms with Crippen molar-refractivity contribution in [3.05, 3.63) is 35.4 Å². The van der Waals surface area contributed by atoms with Gasteiger partial charge in [-0.1, -0.05) is 31.2 Å². The molecule has 0 heterocycles. The Hall–Kier alpha value is -0.470. The Morgan fingerprint density at radius 3 is 3.00 bits per heavy atom. The molecule has 1 atom stereocenters. The van der Waals surface area contributed by atoms with E-state index in [0.717, 1.165) is 12.8 Å². The summed E-state index contributed by atoms with van der Waals surface area (Å²) >= 11 is 2.02. The second-order valence-electron chi connectivity index (χ2n) is 4.97. The number of hydrogen-bond donors (Lipinski definition) is 1. The van der Waals surface area contributed by atoms with Crippen molar-refractivity contribution in [1.29, 1.82) is 0 Å². The average Bonchev–Trinajstić information content (AvgIpc) is 2.36. The molecule has 0 aliphatic heterocycles. The zero-order chi connectivity index (χ0) is 12.1. The summed E-state index contributed by atoms with van der Waals surface area (Å²) in [6, 6.07) is 8.75. The highest BCUT2D eigenvalue weighted by Gasteiger charge is 2.31. The molecule has 0 aromatic heterocycles. The lowest BCUT2D eigenvalue weighted by atomic mass is 9.75. The van der Waals surface area contributed by atoms with Crippen LogP contribution in [-0.4, -0.2) is 11.5 Å². The summed E-state index contributed by atoms with van der Waals surface area (Å²) in [7, 11) is 0. The molecule has 0 spiro atoms. The molecule has 0 radical (unpaired) electrons. The fourth-order valence-corrected chi connectivity index (χ4v) is 3.48. The summed E-state index contributed by atoms with van der Waals surface area (Å²) in [5.74, 6) is 2.46. The van der Waals surface area contributed by atoms with Gasteiger partial charge in [-0.3, -0.25) is 0 Å². The van der Waals surface area contributed by atoms with Gasteiger partial charge in [-0.25, -0.2) is 0 Å². The summed E-state index contributed by atoms with van der Waals surface area (Å²) < 4.78 is 0. The standard InChI is InChI=1S/C15H23NS/c1-2-17-12-6-11-15(16)10-5-8-13-7-3-4-9-14(13)15/h3-4,7,9H,2,5-6,8,10-12,16H2,1H3. The SMILES string of the molecule is CCSCCCC1(N)CCCc2ccccc21. The molecule has 0 saturated carbocycles. The maximum Gasteiger partial charge on any atom is 0.0412 e. The molecule has 1 aromatic carbocycles. The summed E-state index contributed by atoms with van der Waals surface area (Å²) in [6.07, 6.45) is 5.98. The first kappa shape index (κ1) is 13.0. The van der Waals surface area contributed by atoms with E-state index in [4.69, 9.17) is 5.73 Å². The summed E-state index contributed by atoms with van der Waals surface area (Å²) in [5.41, 5.74) is 9.48. The van der Waals surface area contributed by atoms with Crippen molar-refractivity contribution in [2.24, 2.45) is 5.73 Å². The van der Waals surface area contributed by atoms with E-state index in [0.29, 0.717) is 0 Å². The van der Waals surface area contributed by atoms with Gasteiger partial charge in [0.2, 0.25) is 0 Å². The Morgan fingerprint density at radius 1 is 1.35 bits per heavy atom. The van der Waals surface area contributed by atoms with Gasteiger partial charge < -0.3 is 5.73 Å². The van der Waals surface area contributed by atoms with Gasteiger partial charge in [-0.15, -0.1) is 0 Å². The maximum absolute atomic E-state index is 6.64. The summed E-state index contributed by atoms with van der Waals surface area (Å²) in [5, 5.41) is 0. The van der Waals surface area contributed by atoms with Gasteiger partial charge >= 0.3 is 0 Å². The molecule has 2 rings (SSSR count). The Labute approximate surface area is 109 Å². The van der Waals surface area contributed by atoms with Crippen molar-refractivity contribution in [3.8, 4) is 0 Å². The molecule has 2 heteroatoms. The third kappa shape index (κ3) is 3.05. The smallest absolute Gasteiger partial charge is 0.0412 e. The van der Waals surface area contributed by atoms with Crippen molar-refractivity contribution in [3.63, 3.8) is 0 Å². The molecule has 1 aliphatic carbocycles. The molecule has 1 aliphatic rings. The van der Waals surface area contributed by atoms with Crippen molar-refractivity contribution < 1.29 is 0 Å². The molecule has 1 unspecified atom stereocenters. The minimum Gasteiger partial charge on any atom is -0.321 e. The first-order valence-electron chi connectivity index (χ1n) is 6.71. The third-order valence-corrected chi connectivity index (χ3v) is 4.72. The Morgan fingerprint density at radius 2 is 2.18 bits per heavy atom. The Kier molecular flexibility index (Phi) is 4.52. The predicted octanol–water partition coefficient (Wildman–Crippen LogP) is 3.71. The van der Waals surface area contributed by atoms with E-state index in [1.165, 1.54) is 41.9 Å². The van der Waals surface area contributed by atoms with Crippen LogP contribution in [0.15, 0.2) is 24.3 Å². The molecule has 0 amide bonds. The fraction of sp³-hybridized carbons (Fsp3) is 0.600. The molecule has 94 valence electrons. The minimum absolute atomic E-state index is 0.0524. The Bertz CT molecular complexity index is 364. The van der Waals surface area contributed by atoms with Crippen LogP contribution in [0.3, 0.4) is 0 Å². The molecule has 17 heavy (non-hydrogen) atoms. The van der Waals surface area contributed by atoms with Crippen molar-refractivity contribution in [1.82, 2.24) is 0 Å². The van der Waals surface area contributed by atoms with Crippen LogP contribution in [0.1, 0.15) is 43.7 Å². The fourth-order valence-electron chi connectivity index (χ4n) is 2.85. The molecule has 0 fully saturated rings. The van der Waals surface area contributed by atoms with Crippen LogP contribution in [0.4, 0.5) is 0 Å². The van der Waals surface area contributed by atoms with Gasteiger partial charge in [0.25, 0.3) is 0 Å². The normalized spacial score (nSPS) is 23.4. The van der Waals surface area contributed by atoms with Gasteiger partial charge in [0, 0.05) is 5.54 Å². The van der Waals surface area contributed by atoms with Gasteiger partial charge in [0.1, 0.15) is 0 Å². The van der Waals surface area contributed by atoms with E-state index >= 15 is 0 Å². The van der Waals surface area contributed by atoms with Gasteiger partial charge in [-0.2, -0.15) is 11.8 Å². The maximum atomic E-state index is 6.64. The number of rotatable bonds is 5. The topological polar surface area (TPSA) is 26.0 Å². The largest absolute Gasteiger partial charge is 0.321 e. The Balaban J connectivity index is 2.05. The van der Waals surface area contributed by atoms with E-state index in [2.05, 4.69) is 31.2 Å². The van der Waals surface area contributed by atoms with Gasteiger partial charge in [-0.05, 0) is 54.7 Å². The van der Waals surface area contributed by atoms with Gasteiger partial charge in [0.05, 0.1) is 0 Å². The van der Waals surface area contributed by atoms with E-state index in [1.807, 2.05) is 11.8 Å². The van der Waals surface area contributed by atoms with Crippen LogP contribution < -0.4 is 5.73 Å². The van der Waals surface area contributed by atoms with Crippen molar-refractivity contribution in [2.45, 2.75) is 44.6 Å². The van der Waals surface area contributed by atoms with E-state index in [1.54, 1.807) is 0 Å². The molecule has 0 bridgehead atoms. The first-order chi connectivity index (χ1) is 8.26. The lowest BCUT2D eigenvalue weighted by molar-refractivity contribution is 0.344. The molecule has 0 saturated heterocycles. The van der Waals surface area contributed by atoms with E-state index < -0.39 is 0 Å². The lowest BCUT2D eigenvalue weighted by Gasteiger charge is -2.36. The molecule has 2 N–H and O–H groups in total. The van der Waals surface area contributed by atoms with Crippen LogP contribution in [-0.2, 0) is 12.0 Å². The second kappa shape index (κ2) is 5.92. The highest BCUT2D eigenvalue weighted by Crippen LogP contribution is 2.36. The zero-order valence-electron chi connectivity index (χ0n) is 10.7. The lowest BCUT2D eigenvalue weighted by Crippen LogP contribution is -2.40. The number of aryl methyl sites for hydroxylation is 1. The predicted molar refractivity (Wildman–Crippen MR) is 77.5 cm³/mol. The highest BCUT2D eigenvalue weighted by molar-refractivity contribution is 7.99. The number of thioether (sulfide) groups is 1. The molecule has 1 aromatic rings. The van der Waals surface area contributed by atoms with Crippen LogP contribution in [0.2, 0.25) is 0 Å². The minimum atomic E-state index is -0.0524. The quantitative estimate of drug-likeness (QED) is 0.805. The number of hydrogen-bond acceptors (Lipinski definition) is 2.